The van der Waals surface area contributed by atoms with Gasteiger partial charge in [-0.2, -0.15) is 5.10 Å². The molecule has 1 aliphatic heterocycles. The van der Waals surface area contributed by atoms with Gasteiger partial charge in [-0.15, -0.1) is 37.2 Å². The van der Waals surface area contributed by atoms with Crippen LogP contribution < -0.4 is 0 Å². The molecule has 4 atom stereocenters. The molecule has 6 nitrogen and oxygen atoms in total. The van der Waals surface area contributed by atoms with Crippen molar-refractivity contribution < 1.29 is 14.3 Å². The average Bonchev–Trinajstić information content (AvgIpc) is 3.56. The molecule has 2 aliphatic carbocycles. The first-order chi connectivity index (χ1) is 17.7. The van der Waals surface area contributed by atoms with E-state index in [1.807, 2.05) is 27.0 Å². The summed E-state index contributed by atoms with van der Waals surface area (Å²) in [7, 11) is 1.97. The van der Waals surface area contributed by atoms with Gasteiger partial charge in [0.25, 0.3) is 0 Å². The number of nitrogens with zero attached hydrogens (tertiary/aromatic N) is 4. The molecule has 226 valence electrons. The Balaban J connectivity index is 0.00000187. The minimum absolute atomic E-state index is 0. The fraction of sp³-hybridized carbons (Fsp3) is 0.667. The van der Waals surface area contributed by atoms with Gasteiger partial charge in [0, 0.05) is 30.2 Å². The minimum atomic E-state index is -0.758. The summed E-state index contributed by atoms with van der Waals surface area (Å²) in [5.41, 5.74) is 4.26. The third-order valence-electron chi connectivity index (χ3n) is 9.74. The number of piperidine rings is 1. The van der Waals surface area contributed by atoms with Crippen LogP contribution in [0.4, 0.5) is 4.39 Å². The Kier molecular flexibility index (Phi) is 12.4. The van der Waals surface area contributed by atoms with Crippen LogP contribution in [0.5, 0.6) is 0 Å². The number of carboxylic acids is 1. The predicted molar refractivity (Wildman–Crippen MR) is 165 cm³/mol. The van der Waals surface area contributed by atoms with Gasteiger partial charge in [0.05, 0.1) is 6.20 Å². The number of carboxylic acid groups (broad SMARTS) is 1. The highest BCUT2D eigenvalue weighted by Crippen LogP contribution is 2.48. The van der Waals surface area contributed by atoms with Gasteiger partial charge in [-0.05, 0) is 107 Å². The number of hydrogen-bond acceptors (Lipinski definition) is 4. The number of aliphatic carboxylic acids is 1. The van der Waals surface area contributed by atoms with Gasteiger partial charge in [0.15, 0.2) is 0 Å². The van der Waals surface area contributed by atoms with Crippen LogP contribution in [-0.2, 0) is 23.2 Å². The van der Waals surface area contributed by atoms with Crippen molar-refractivity contribution in [3.05, 3.63) is 53.1 Å². The predicted octanol–water partition coefficient (Wildman–Crippen LogP) is 6.19. The molecule has 1 aromatic carbocycles. The topological polar surface area (TPSA) is 61.6 Å². The van der Waals surface area contributed by atoms with Gasteiger partial charge >= 0.3 is 5.97 Å². The smallest absolute Gasteiger partial charge is 0.321 e. The molecular weight excluding hydrogens is 574 g/mol. The Morgan fingerprint density at radius 1 is 1.18 bits per heavy atom. The quantitative estimate of drug-likeness (QED) is 0.382. The second-order valence-electron chi connectivity index (χ2n) is 12.2. The largest absolute Gasteiger partial charge is 0.480 e. The van der Waals surface area contributed by atoms with Crippen molar-refractivity contribution in [2.75, 3.05) is 26.7 Å². The molecule has 1 saturated heterocycles. The summed E-state index contributed by atoms with van der Waals surface area (Å²) in [6.07, 6.45) is 8.62. The van der Waals surface area contributed by atoms with E-state index in [4.69, 9.17) is 0 Å². The molecule has 1 saturated carbocycles. The lowest BCUT2D eigenvalue weighted by Crippen LogP contribution is -2.47. The zero-order valence-electron chi connectivity index (χ0n) is 24.1. The van der Waals surface area contributed by atoms with Crippen molar-refractivity contribution in [3.63, 3.8) is 0 Å². The fourth-order valence-electron chi connectivity index (χ4n) is 7.87. The van der Waals surface area contributed by atoms with Crippen LogP contribution in [0.2, 0.25) is 0 Å². The van der Waals surface area contributed by atoms with Crippen LogP contribution in [0.25, 0.3) is 0 Å². The lowest BCUT2D eigenvalue weighted by molar-refractivity contribution is -0.145. The van der Waals surface area contributed by atoms with Crippen LogP contribution >= 0.6 is 37.2 Å². The Hall–Kier alpha value is -1.38. The van der Waals surface area contributed by atoms with Crippen molar-refractivity contribution in [2.45, 2.75) is 89.3 Å². The number of aryl methyl sites for hydroxylation is 2. The van der Waals surface area contributed by atoms with Crippen molar-refractivity contribution in [2.24, 2.45) is 11.8 Å². The number of carbonyl (C=O) groups is 1. The van der Waals surface area contributed by atoms with Gasteiger partial charge < -0.3 is 10.0 Å². The summed E-state index contributed by atoms with van der Waals surface area (Å²) in [4.78, 5) is 16.8. The Morgan fingerprint density at radius 3 is 2.48 bits per heavy atom. The first kappa shape index (κ1) is 34.8. The standard InChI is InChI=1S/C30H43FN4O2.3ClH/c1-5-35-28-22(18-32-35)9-10-30(28)11-13-34(14-12-30)19-23-16-25(33(4)27(20(2)3)29(36)37)17-26(23)21-7-6-8-24(31)15-21;;;/h6-8,15,18,20,23,25-27H,5,9-14,16-17,19H2,1-4H3,(H,36,37);3*1H/t23-,25+,26-,27-;;;/m1.../s1. The number of benzene rings is 1. The Bertz CT molecular complexity index is 1120. The van der Waals surface area contributed by atoms with Crippen molar-refractivity contribution >= 4 is 43.2 Å². The number of likely N-dealkylation sites (tertiary alicyclic amines) is 1. The molecule has 10 heteroatoms. The van der Waals surface area contributed by atoms with Gasteiger partial charge in [-0.1, -0.05) is 26.0 Å². The summed E-state index contributed by atoms with van der Waals surface area (Å²) in [5.74, 6) is -0.305. The molecule has 0 radical (unpaired) electrons. The number of hydrogen-bond donors (Lipinski definition) is 1. The molecule has 1 aromatic heterocycles. The molecule has 1 spiro atoms. The van der Waals surface area contributed by atoms with E-state index in [2.05, 4.69) is 38.8 Å². The van der Waals surface area contributed by atoms with E-state index in [1.54, 1.807) is 6.07 Å². The number of fused-ring (bicyclic) bond motifs is 2. The fourth-order valence-corrected chi connectivity index (χ4v) is 7.87. The normalized spacial score (nSPS) is 24.3. The van der Waals surface area contributed by atoms with Crippen LogP contribution in [0.15, 0.2) is 30.5 Å². The lowest BCUT2D eigenvalue weighted by Gasteiger charge is -2.41. The van der Waals surface area contributed by atoms with Gasteiger partial charge in [0.2, 0.25) is 0 Å². The van der Waals surface area contributed by atoms with Gasteiger partial charge in [-0.3, -0.25) is 14.4 Å². The molecule has 0 bridgehead atoms. The van der Waals surface area contributed by atoms with E-state index in [-0.39, 0.29) is 66.3 Å². The maximum atomic E-state index is 14.2. The van der Waals surface area contributed by atoms with Crippen molar-refractivity contribution in [3.8, 4) is 0 Å². The van der Waals surface area contributed by atoms with Crippen molar-refractivity contribution in [1.29, 1.82) is 0 Å². The maximum absolute atomic E-state index is 14.2. The van der Waals surface area contributed by atoms with Gasteiger partial charge in [-0.25, -0.2) is 4.39 Å². The summed E-state index contributed by atoms with van der Waals surface area (Å²) in [5, 5.41) is 14.6. The molecule has 5 rings (SSSR count). The molecule has 2 fully saturated rings. The van der Waals surface area contributed by atoms with E-state index in [9.17, 15) is 14.3 Å². The highest BCUT2D eigenvalue weighted by atomic mass is 35.5. The van der Waals surface area contributed by atoms with Crippen LogP contribution in [0.3, 0.4) is 0 Å². The minimum Gasteiger partial charge on any atom is -0.480 e. The van der Waals surface area contributed by atoms with E-state index in [0.29, 0.717) is 5.92 Å². The molecule has 2 aromatic rings. The number of rotatable bonds is 8. The van der Waals surface area contributed by atoms with E-state index >= 15 is 0 Å². The summed E-state index contributed by atoms with van der Waals surface area (Å²) < 4.78 is 16.4. The average molecular weight is 620 g/mol. The zero-order valence-corrected chi connectivity index (χ0v) is 26.5. The van der Waals surface area contributed by atoms with Crippen LogP contribution in [-0.4, -0.2) is 69.4 Å². The molecular formula is C30H46Cl3FN4O2. The molecule has 0 amide bonds. The number of likely N-dealkylation sites (N-methyl/N-ethyl adjacent to an activating group) is 1. The second kappa shape index (κ2) is 14.2. The van der Waals surface area contributed by atoms with E-state index in [0.717, 1.165) is 51.0 Å². The third-order valence-corrected chi connectivity index (χ3v) is 9.74. The zero-order chi connectivity index (χ0) is 26.3. The second-order valence-corrected chi connectivity index (χ2v) is 12.2. The highest BCUT2D eigenvalue weighted by molar-refractivity contribution is 5.86. The first-order valence-electron chi connectivity index (χ1n) is 14.2. The van der Waals surface area contributed by atoms with Crippen LogP contribution in [0.1, 0.15) is 75.6 Å². The molecule has 1 N–H and O–H groups in total. The first-order valence-corrected chi connectivity index (χ1v) is 14.2. The molecule has 3 aliphatic rings. The van der Waals surface area contributed by atoms with E-state index < -0.39 is 12.0 Å². The Labute approximate surface area is 257 Å². The van der Waals surface area contributed by atoms with Crippen LogP contribution in [0, 0.1) is 17.7 Å². The SMILES string of the molecule is CCn1ncc2c1C1(CC2)CCN(C[C@H]2C[C@H](N(C)[C@@H](C(=O)O)C(C)C)C[C@@H]2c2cccc(F)c2)CC1.Cl.Cl.Cl. The monoisotopic (exact) mass is 618 g/mol. The highest BCUT2D eigenvalue weighted by Gasteiger charge is 2.46. The number of aromatic nitrogens is 2. The summed E-state index contributed by atoms with van der Waals surface area (Å²) >= 11 is 0. The lowest BCUT2D eigenvalue weighted by atomic mass is 9.75. The molecule has 2 heterocycles. The number of halogens is 4. The van der Waals surface area contributed by atoms with Crippen molar-refractivity contribution in [1.82, 2.24) is 19.6 Å². The molecule has 40 heavy (non-hydrogen) atoms. The third kappa shape index (κ3) is 6.64. The van der Waals surface area contributed by atoms with E-state index in [1.165, 1.54) is 36.6 Å². The Morgan fingerprint density at radius 2 is 1.88 bits per heavy atom. The summed E-state index contributed by atoms with van der Waals surface area (Å²) in [6.45, 7) is 10.2. The molecule has 0 unspecified atom stereocenters. The van der Waals surface area contributed by atoms with Gasteiger partial charge in [0.1, 0.15) is 11.9 Å². The maximum Gasteiger partial charge on any atom is 0.321 e. The summed E-state index contributed by atoms with van der Waals surface area (Å²) in [6, 6.07) is 6.73.